The minimum Gasteiger partial charge on any atom is -0.465 e. The van der Waals surface area contributed by atoms with Gasteiger partial charge in [0.2, 0.25) is 5.91 Å². The zero-order valence-corrected chi connectivity index (χ0v) is 19.3. The van der Waals surface area contributed by atoms with Crippen molar-refractivity contribution in [2.45, 2.75) is 65.6 Å². The molecule has 0 spiro atoms. The molecule has 0 radical (unpaired) electrons. The van der Waals surface area contributed by atoms with Crippen molar-refractivity contribution in [3.63, 3.8) is 0 Å². The van der Waals surface area contributed by atoms with Gasteiger partial charge in [0, 0.05) is 13.1 Å². The van der Waals surface area contributed by atoms with Crippen molar-refractivity contribution >= 4 is 11.9 Å². The van der Waals surface area contributed by atoms with Gasteiger partial charge >= 0.3 is 5.97 Å². The molecule has 1 N–H and O–H groups in total. The molecule has 5 heteroatoms. The number of nitrogens with zero attached hydrogens (tertiary/aromatic N) is 1. The smallest absolute Gasteiger partial charge is 0.323 e. The summed E-state index contributed by atoms with van der Waals surface area (Å²) in [5.41, 5.74) is 3.67. The molecule has 31 heavy (non-hydrogen) atoms. The molecule has 3 rings (SSSR count). The second-order valence-corrected chi connectivity index (χ2v) is 7.50. The Bertz CT molecular complexity index is 822. The lowest BCUT2D eigenvalue weighted by Gasteiger charge is -2.32. The summed E-state index contributed by atoms with van der Waals surface area (Å²) >= 11 is 0. The van der Waals surface area contributed by atoms with E-state index in [1.54, 1.807) is 6.92 Å². The number of benzene rings is 2. The van der Waals surface area contributed by atoms with Crippen LogP contribution in [0.3, 0.4) is 0 Å². The maximum Gasteiger partial charge on any atom is 0.323 e. The fourth-order valence-electron chi connectivity index (χ4n) is 3.80. The molecule has 2 aromatic rings. The number of nitrogens with one attached hydrogen (secondary N) is 1. The number of amides is 1. The first-order valence-electron chi connectivity index (χ1n) is 11.4. The first-order chi connectivity index (χ1) is 15.1. The average molecular weight is 425 g/mol. The van der Waals surface area contributed by atoms with E-state index in [-0.39, 0.29) is 11.9 Å². The maximum atomic E-state index is 13.0. The zero-order chi connectivity index (χ0) is 22.6. The van der Waals surface area contributed by atoms with Crippen LogP contribution in [-0.2, 0) is 33.7 Å². The number of fused-ring (bicyclic) bond motifs is 1. The normalized spacial score (nSPS) is 14.5. The summed E-state index contributed by atoms with van der Waals surface area (Å²) in [6, 6.07) is 17.3. The Morgan fingerprint density at radius 2 is 1.68 bits per heavy atom. The molecule has 2 atom stereocenters. The van der Waals surface area contributed by atoms with Crippen molar-refractivity contribution in [2.75, 3.05) is 13.2 Å². The molecule has 2 aromatic carbocycles. The van der Waals surface area contributed by atoms with E-state index in [2.05, 4.69) is 17.4 Å². The van der Waals surface area contributed by atoms with Gasteiger partial charge < -0.3 is 9.64 Å². The van der Waals surface area contributed by atoms with E-state index < -0.39 is 12.1 Å². The number of hydrogen-bond acceptors (Lipinski definition) is 4. The van der Waals surface area contributed by atoms with Crippen LogP contribution in [-0.4, -0.2) is 42.0 Å². The predicted octanol–water partition coefficient (Wildman–Crippen LogP) is 4.14. The van der Waals surface area contributed by atoms with Gasteiger partial charge in [-0.3, -0.25) is 14.9 Å². The van der Waals surface area contributed by atoms with Crippen molar-refractivity contribution in [1.82, 2.24) is 10.2 Å². The Kier molecular flexibility index (Phi) is 10.2. The average Bonchev–Trinajstić information content (AvgIpc) is 2.82. The molecule has 1 amide bonds. The topological polar surface area (TPSA) is 58.6 Å². The Balaban J connectivity index is 0.00000166. The lowest BCUT2D eigenvalue weighted by atomic mass is 9.99. The highest BCUT2D eigenvalue weighted by molar-refractivity contribution is 5.83. The largest absolute Gasteiger partial charge is 0.465 e. The highest BCUT2D eigenvalue weighted by atomic mass is 16.5. The second kappa shape index (κ2) is 12.9. The van der Waals surface area contributed by atoms with Crippen molar-refractivity contribution < 1.29 is 14.3 Å². The van der Waals surface area contributed by atoms with Crippen LogP contribution >= 0.6 is 0 Å². The fraction of sp³-hybridized carbons (Fsp3) is 0.462. The van der Waals surface area contributed by atoms with Gasteiger partial charge in [0.05, 0.1) is 12.6 Å². The Hall–Kier alpha value is -2.66. The standard InChI is InChI=1S/C24H30N2O3.C2H6/c1-3-29-24(28)22(14-13-19-9-5-4-6-10-19)25-18(2)23(27)26-16-15-20-11-7-8-12-21(20)17-26;1-2/h4-12,18,22,25H,3,13-17H2,1-2H3;1-2H3/t18-,22-;/m0./s1. The van der Waals surface area contributed by atoms with Crippen LogP contribution in [0.25, 0.3) is 0 Å². The number of carbonyl (C=O) groups excluding carboxylic acids is 2. The van der Waals surface area contributed by atoms with Crippen molar-refractivity contribution in [3.8, 4) is 0 Å². The number of rotatable bonds is 8. The molecule has 0 saturated heterocycles. The van der Waals surface area contributed by atoms with Crippen molar-refractivity contribution in [3.05, 3.63) is 71.3 Å². The second-order valence-electron chi connectivity index (χ2n) is 7.50. The third-order valence-corrected chi connectivity index (χ3v) is 5.40. The molecule has 0 saturated carbocycles. The van der Waals surface area contributed by atoms with E-state index in [1.165, 1.54) is 11.1 Å². The molecule has 0 aliphatic carbocycles. The van der Waals surface area contributed by atoms with Gasteiger partial charge in [0.25, 0.3) is 0 Å². The van der Waals surface area contributed by atoms with E-state index in [4.69, 9.17) is 4.74 Å². The Morgan fingerprint density at radius 1 is 1.03 bits per heavy atom. The van der Waals surface area contributed by atoms with Gasteiger partial charge in [0.1, 0.15) is 6.04 Å². The van der Waals surface area contributed by atoms with Crippen LogP contribution < -0.4 is 5.32 Å². The maximum absolute atomic E-state index is 13.0. The summed E-state index contributed by atoms with van der Waals surface area (Å²) in [6.45, 7) is 9.28. The van der Waals surface area contributed by atoms with E-state index in [0.29, 0.717) is 26.1 Å². The molecule has 5 nitrogen and oxygen atoms in total. The minimum absolute atomic E-state index is 0.0218. The molecule has 1 aliphatic rings. The van der Waals surface area contributed by atoms with E-state index >= 15 is 0 Å². The summed E-state index contributed by atoms with van der Waals surface area (Å²) in [4.78, 5) is 27.3. The molecule has 1 aliphatic heterocycles. The molecule has 0 aromatic heterocycles. The van der Waals surface area contributed by atoms with Gasteiger partial charge in [-0.25, -0.2) is 0 Å². The summed E-state index contributed by atoms with van der Waals surface area (Å²) in [7, 11) is 0. The number of hydrogen-bond donors (Lipinski definition) is 1. The lowest BCUT2D eigenvalue weighted by Crippen LogP contribution is -2.52. The first-order valence-corrected chi connectivity index (χ1v) is 11.4. The summed E-state index contributed by atoms with van der Waals surface area (Å²) in [5.74, 6) is -0.277. The molecule has 168 valence electrons. The monoisotopic (exact) mass is 424 g/mol. The van der Waals surface area contributed by atoms with E-state index in [0.717, 1.165) is 18.4 Å². The SMILES string of the molecule is CC.CCOC(=O)[C@H](CCc1ccccc1)N[C@@H](C)C(=O)N1CCc2ccccc2C1. The molecule has 0 unspecified atom stereocenters. The molecule has 1 heterocycles. The van der Waals surface area contributed by atoms with Crippen LogP contribution in [0, 0.1) is 0 Å². The predicted molar refractivity (Wildman–Crippen MR) is 125 cm³/mol. The fourth-order valence-corrected chi connectivity index (χ4v) is 3.80. The van der Waals surface area contributed by atoms with Crippen LogP contribution in [0.5, 0.6) is 0 Å². The first kappa shape index (κ1) is 24.6. The number of carbonyl (C=O) groups is 2. The van der Waals surface area contributed by atoms with Crippen LogP contribution in [0.2, 0.25) is 0 Å². The highest BCUT2D eigenvalue weighted by Gasteiger charge is 2.28. The summed E-state index contributed by atoms with van der Waals surface area (Å²) < 4.78 is 5.24. The zero-order valence-electron chi connectivity index (χ0n) is 19.3. The number of aryl methyl sites for hydroxylation is 1. The molecule has 0 fully saturated rings. The van der Waals surface area contributed by atoms with Crippen molar-refractivity contribution in [2.24, 2.45) is 0 Å². The van der Waals surface area contributed by atoms with Gasteiger partial charge in [-0.15, -0.1) is 0 Å². The number of esters is 1. The highest BCUT2D eigenvalue weighted by Crippen LogP contribution is 2.19. The van der Waals surface area contributed by atoms with Gasteiger partial charge in [-0.05, 0) is 49.8 Å². The van der Waals surface area contributed by atoms with E-state index in [1.807, 2.05) is 68.1 Å². The third-order valence-electron chi connectivity index (χ3n) is 5.40. The molecular weight excluding hydrogens is 388 g/mol. The minimum atomic E-state index is -0.508. The van der Waals surface area contributed by atoms with Crippen molar-refractivity contribution in [1.29, 1.82) is 0 Å². The lowest BCUT2D eigenvalue weighted by molar-refractivity contribution is -0.146. The molecular formula is C26H36N2O3. The van der Waals surface area contributed by atoms with Crippen LogP contribution in [0.4, 0.5) is 0 Å². The molecule has 0 bridgehead atoms. The van der Waals surface area contributed by atoms with Gasteiger partial charge in [0.15, 0.2) is 0 Å². The van der Waals surface area contributed by atoms with E-state index in [9.17, 15) is 9.59 Å². The van der Waals surface area contributed by atoms with Crippen LogP contribution in [0.1, 0.15) is 50.8 Å². The van der Waals surface area contributed by atoms with Gasteiger partial charge in [-0.2, -0.15) is 0 Å². The Morgan fingerprint density at radius 3 is 2.35 bits per heavy atom. The quantitative estimate of drug-likeness (QED) is 0.647. The number of ether oxygens (including phenoxy) is 1. The summed E-state index contributed by atoms with van der Waals surface area (Å²) in [6.07, 6.45) is 2.20. The van der Waals surface area contributed by atoms with Gasteiger partial charge in [-0.1, -0.05) is 68.4 Å². The Labute approximate surface area is 186 Å². The summed E-state index contributed by atoms with van der Waals surface area (Å²) in [5, 5.41) is 3.23. The third kappa shape index (κ3) is 7.21. The van der Waals surface area contributed by atoms with Crippen LogP contribution in [0.15, 0.2) is 54.6 Å².